The minimum Gasteiger partial charge on any atom is -0.496 e. The third kappa shape index (κ3) is 3.57. The first-order valence-electron chi connectivity index (χ1n) is 6.61. The molecular weight excluding hydrogens is 238 g/mol. The second kappa shape index (κ2) is 5.74. The molecule has 0 spiro atoms. The van der Waals surface area contributed by atoms with Crippen LogP contribution in [-0.2, 0) is 0 Å². The van der Waals surface area contributed by atoms with Crippen molar-refractivity contribution in [2.75, 3.05) is 7.11 Å². The van der Waals surface area contributed by atoms with Crippen molar-refractivity contribution in [2.45, 2.75) is 47.1 Å². The van der Waals surface area contributed by atoms with Crippen LogP contribution in [0.5, 0.6) is 5.75 Å². The first-order valence-corrected chi connectivity index (χ1v) is 6.61. The Hall–Kier alpha value is -1.35. The second-order valence-electron chi connectivity index (χ2n) is 6.19. The zero-order valence-electron chi connectivity index (χ0n) is 12.8. The van der Waals surface area contributed by atoms with Crippen LogP contribution in [0.4, 0.5) is 0 Å². The molecule has 1 aromatic carbocycles. The molecule has 0 saturated heterocycles. The Morgan fingerprint density at radius 3 is 2.37 bits per heavy atom. The van der Waals surface area contributed by atoms with E-state index in [2.05, 4.69) is 0 Å². The van der Waals surface area contributed by atoms with Gasteiger partial charge in [0.1, 0.15) is 5.75 Å². The monoisotopic (exact) mass is 263 g/mol. The molecule has 1 atom stereocenters. The molecule has 2 N–H and O–H groups in total. The highest BCUT2D eigenvalue weighted by atomic mass is 16.5. The number of aryl methyl sites for hydroxylation is 1. The molecule has 106 valence electrons. The van der Waals surface area contributed by atoms with Crippen molar-refractivity contribution in [3.05, 3.63) is 28.8 Å². The fraction of sp³-hybridized carbons (Fsp3) is 0.562. The minimum absolute atomic E-state index is 0.0439. The third-order valence-electron chi connectivity index (χ3n) is 3.70. The zero-order chi connectivity index (χ0) is 14.8. The Kier molecular flexibility index (Phi) is 4.75. The SMILES string of the molecule is COc1c(C(=O)CC(N)C(C)(C)C)ccc(C)c1C. The highest BCUT2D eigenvalue weighted by molar-refractivity contribution is 5.99. The number of ketones is 1. The quantitative estimate of drug-likeness (QED) is 0.848. The van der Waals surface area contributed by atoms with Gasteiger partial charge in [-0.25, -0.2) is 0 Å². The number of nitrogens with two attached hydrogens (primary N) is 1. The van der Waals surface area contributed by atoms with Gasteiger partial charge in [0.25, 0.3) is 0 Å². The van der Waals surface area contributed by atoms with E-state index in [4.69, 9.17) is 10.5 Å². The van der Waals surface area contributed by atoms with Crippen LogP contribution in [0.1, 0.15) is 48.7 Å². The molecule has 0 saturated carbocycles. The fourth-order valence-electron chi connectivity index (χ4n) is 1.89. The van der Waals surface area contributed by atoms with Crippen LogP contribution < -0.4 is 10.5 Å². The molecule has 0 amide bonds. The Labute approximate surface area is 116 Å². The molecule has 1 aromatic rings. The summed E-state index contributed by atoms with van der Waals surface area (Å²) in [7, 11) is 1.60. The predicted octanol–water partition coefficient (Wildman–Crippen LogP) is 3.26. The van der Waals surface area contributed by atoms with Crippen molar-refractivity contribution < 1.29 is 9.53 Å². The molecule has 0 aliphatic rings. The van der Waals surface area contributed by atoms with Crippen LogP contribution in [-0.4, -0.2) is 18.9 Å². The lowest BCUT2D eigenvalue weighted by molar-refractivity contribution is 0.0950. The topological polar surface area (TPSA) is 52.3 Å². The van der Waals surface area contributed by atoms with Crippen molar-refractivity contribution in [2.24, 2.45) is 11.1 Å². The van der Waals surface area contributed by atoms with Gasteiger partial charge in [-0.05, 0) is 36.5 Å². The van der Waals surface area contributed by atoms with Crippen molar-refractivity contribution in [1.29, 1.82) is 0 Å². The molecule has 19 heavy (non-hydrogen) atoms. The first kappa shape index (κ1) is 15.7. The van der Waals surface area contributed by atoms with E-state index in [-0.39, 0.29) is 17.2 Å². The third-order valence-corrected chi connectivity index (χ3v) is 3.70. The van der Waals surface area contributed by atoms with E-state index in [1.807, 2.05) is 46.8 Å². The number of hydrogen-bond donors (Lipinski definition) is 1. The number of carbonyl (C=O) groups excluding carboxylic acids is 1. The van der Waals surface area contributed by atoms with Gasteiger partial charge in [-0.15, -0.1) is 0 Å². The largest absolute Gasteiger partial charge is 0.496 e. The van der Waals surface area contributed by atoms with E-state index in [0.29, 0.717) is 17.7 Å². The van der Waals surface area contributed by atoms with E-state index in [1.165, 1.54) is 0 Å². The smallest absolute Gasteiger partial charge is 0.168 e. The van der Waals surface area contributed by atoms with Gasteiger partial charge < -0.3 is 10.5 Å². The van der Waals surface area contributed by atoms with Crippen LogP contribution in [0.15, 0.2) is 12.1 Å². The molecular formula is C16H25NO2. The molecule has 0 bridgehead atoms. The second-order valence-corrected chi connectivity index (χ2v) is 6.19. The Morgan fingerprint density at radius 2 is 1.89 bits per heavy atom. The Morgan fingerprint density at radius 1 is 1.32 bits per heavy atom. The summed E-state index contributed by atoms with van der Waals surface area (Å²) in [5, 5.41) is 0. The average molecular weight is 263 g/mol. The van der Waals surface area contributed by atoms with Gasteiger partial charge in [0, 0.05) is 12.5 Å². The fourth-order valence-corrected chi connectivity index (χ4v) is 1.89. The van der Waals surface area contributed by atoms with E-state index >= 15 is 0 Å². The van der Waals surface area contributed by atoms with Crippen LogP contribution in [0.2, 0.25) is 0 Å². The number of carbonyl (C=O) groups is 1. The van der Waals surface area contributed by atoms with Gasteiger partial charge in [-0.1, -0.05) is 26.8 Å². The van der Waals surface area contributed by atoms with Crippen LogP contribution in [0.25, 0.3) is 0 Å². The van der Waals surface area contributed by atoms with Gasteiger partial charge in [-0.2, -0.15) is 0 Å². The lowest BCUT2D eigenvalue weighted by Crippen LogP contribution is -2.37. The molecule has 1 unspecified atom stereocenters. The summed E-state index contributed by atoms with van der Waals surface area (Å²) in [4.78, 5) is 12.4. The Balaban J connectivity index is 3.04. The van der Waals surface area contributed by atoms with Crippen molar-refractivity contribution in [3.63, 3.8) is 0 Å². The number of hydrogen-bond acceptors (Lipinski definition) is 3. The molecule has 3 nitrogen and oxygen atoms in total. The molecule has 0 fully saturated rings. The van der Waals surface area contributed by atoms with E-state index < -0.39 is 0 Å². The van der Waals surface area contributed by atoms with E-state index in [0.717, 1.165) is 11.1 Å². The number of benzene rings is 1. The number of rotatable bonds is 4. The maximum absolute atomic E-state index is 12.4. The molecule has 0 heterocycles. The van der Waals surface area contributed by atoms with Crippen LogP contribution >= 0.6 is 0 Å². The highest BCUT2D eigenvalue weighted by Gasteiger charge is 2.25. The summed E-state index contributed by atoms with van der Waals surface area (Å²) in [6, 6.07) is 3.62. The first-order chi connectivity index (χ1) is 8.68. The maximum Gasteiger partial charge on any atom is 0.168 e. The van der Waals surface area contributed by atoms with Gasteiger partial charge >= 0.3 is 0 Å². The zero-order valence-corrected chi connectivity index (χ0v) is 12.8. The molecule has 0 aromatic heterocycles. The minimum atomic E-state index is -0.161. The summed E-state index contributed by atoms with van der Waals surface area (Å²) in [5.74, 6) is 0.716. The molecule has 1 rings (SSSR count). The standard InChI is InChI=1S/C16H25NO2/c1-10-7-8-12(15(19-6)11(10)2)13(18)9-14(17)16(3,4)5/h7-8,14H,9,17H2,1-6H3. The normalized spacial score (nSPS) is 13.2. The highest BCUT2D eigenvalue weighted by Crippen LogP contribution is 2.29. The number of ether oxygens (including phenoxy) is 1. The van der Waals surface area contributed by atoms with Gasteiger partial charge in [-0.3, -0.25) is 4.79 Å². The summed E-state index contributed by atoms with van der Waals surface area (Å²) < 4.78 is 5.38. The average Bonchev–Trinajstić information content (AvgIpc) is 2.30. The predicted molar refractivity (Wildman–Crippen MR) is 78.8 cm³/mol. The van der Waals surface area contributed by atoms with Crippen LogP contribution in [0, 0.1) is 19.3 Å². The summed E-state index contributed by atoms with van der Waals surface area (Å²) in [5.41, 5.74) is 8.77. The lowest BCUT2D eigenvalue weighted by Gasteiger charge is -2.26. The van der Waals surface area contributed by atoms with Gasteiger partial charge in [0.2, 0.25) is 0 Å². The number of Topliss-reactive ketones (excluding diaryl/α,β-unsaturated/α-hetero) is 1. The number of methoxy groups -OCH3 is 1. The van der Waals surface area contributed by atoms with Crippen molar-refractivity contribution in [3.8, 4) is 5.75 Å². The van der Waals surface area contributed by atoms with Crippen molar-refractivity contribution in [1.82, 2.24) is 0 Å². The van der Waals surface area contributed by atoms with Gasteiger partial charge in [0.15, 0.2) is 5.78 Å². The molecule has 0 aliphatic carbocycles. The van der Waals surface area contributed by atoms with E-state index in [9.17, 15) is 4.79 Å². The summed E-state index contributed by atoms with van der Waals surface area (Å²) in [6.07, 6.45) is 0.336. The molecule has 3 heteroatoms. The van der Waals surface area contributed by atoms with Crippen molar-refractivity contribution >= 4 is 5.78 Å². The lowest BCUT2D eigenvalue weighted by atomic mass is 9.83. The summed E-state index contributed by atoms with van der Waals surface area (Å²) >= 11 is 0. The molecule has 0 radical (unpaired) electrons. The van der Waals surface area contributed by atoms with Crippen LogP contribution in [0.3, 0.4) is 0 Å². The van der Waals surface area contributed by atoms with E-state index in [1.54, 1.807) is 7.11 Å². The maximum atomic E-state index is 12.4. The van der Waals surface area contributed by atoms with Gasteiger partial charge in [0.05, 0.1) is 12.7 Å². The summed E-state index contributed by atoms with van der Waals surface area (Å²) in [6.45, 7) is 10.1. The molecule has 0 aliphatic heterocycles. The Bertz CT molecular complexity index is 472.